The average Bonchev–Trinajstić information content (AvgIpc) is 2.18. The Hall–Kier alpha value is -1.55. The van der Waals surface area contributed by atoms with Crippen molar-refractivity contribution in [3.8, 4) is 0 Å². The Morgan fingerprint density at radius 2 is 2.00 bits per heavy atom. The quantitative estimate of drug-likeness (QED) is 0.364. The molecule has 0 aromatic heterocycles. The van der Waals surface area contributed by atoms with E-state index in [-0.39, 0.29) is 5.91 Å². The van der Waals surface area contributed by atoms with Crippen molar-refractivity contribution in [2.75, 3.05) is 11.9 Å². The highest BCUT2D eigenvalue weighted by Gasteiger charge is 2.01. The summed E-state index contributed by atoms with van der Waals surface area (Å²) < 4.78 is 0. The molecule has 0 aliphatic carbocycles. The smallest absolute Gasteiger partial charge is 0.265 e. The minimum absolute atomic E-state index is 0.275. The van der Waals surface area contributed by atoms with Gasteiger partial charge in [0.05, 0.1) is 0 Å². The van der Waals surface area contributed by atoms with Gasteiger partial charge in [0, 0.05) is 17.8 Å². The summed E-state index contributed by atoms with van der Waals surface area (Å²) in [7, 11) is 0. The highest BCUT2D eigenvalue weighted by Crippen LogP contribution is 2.08. The summed E-state index contributed by atoms with van der Waals surface area (Å²) in [4.78, 5) is 11.0. The zero-order chi connectivity index (χ0) is 9.68. The summed E-state index contributed by atoms with van der Waals surface area (Å²) in [5, 5.41) is 3.13. The molecule has 0 spiro atoms. The number of nitrogens with two attached hydrogens (primary N) is 1. The molecule has 0 atom stereocenters. The highest BCUT2D eigenvalue weighted by atomic mass is 16.2. The Kier molecular flexibility index (Phi) is 3.28. The first-order valence-corrected chi connectivity index (χ1v) is 4.12. The zero-order valence-electron chi connectivity index (χ0n) is 7.50. The van der Waals surface area contributed by atoms with Crippen molar-refractivity contribution in [2.45, 2.75) is 6.92 Å². The Morgan fingerprint density at radius 1 is 1.38 bits per heavy atom. The molecule has 0 fully saturated rings. The Balaban J connectivity index is 2.75. The minimum atomic E-state index is -0.275. The molecule has 1 aromatic rings. The maximum atomic E-state index is 11.0. The van der Waals surface area contributed by atoms with Crippen LogP contribution in [0.25, 0.3) is 0 Å². The molecule has 70 valence electrons. The molecule has 0 aliphatic rings. The number of hydrazine groups is 1. The Labute approximate surface area is 77.1 Å². The molecule has 4 nitrogen and oxygen atoms in total. The van der Waals surface area contributed by atoms with Gasteiger partial charge in [-0.05, 0) is 31.2 Å². The predicted molar refractivity (Wildman–Crippen MR) is 52.3 cm³/mol. The monoisotopic (exact) mass is 179 g/mol. The number of carbonyl (C=O) groups excluding carboxylic acids is 1. The van der Waals surface area contributed by atoms with Crippen LogP contribution < -0.4 is 16.6 Å². The summed E-state index contributed by atoms with van der Waals surface area (Å²) in [6, 6.07) is 7.13. The lowest BCUT2D eigenvalue weighted by molar-refractivity contribution is 0.0953. The molecule has 1 rings (SSSR count). The molecule has 0 saturated heterocycles. The van der Waals surface area contributed by atoms with Gasteiger partial charge in [-0.2, -0.15) is 0 Å². The van der Waals surface area contributed by atoms with Gasteiger partial charge in [-0.15, -0.1) is 0 Å². The molecule has 0 unspecified atom stereocenters. The third kappa shape index (κ3) is 2.45. The third-order valence-corrected chi connectivity index (χ3v) is 1.66. The molecule has 0 heterocycles. The fourth-order valence-electron chi connectivity index (χ4n) is 1.03. The molecule has 13 heavy (non-hydrogen) atoms. The van der Waals surface area contributed by atoms with Gasteiger partial charge in [-0.1, -0.05) is 0 Å². The van der Waals surface area contributed by atoms with E-state index >= 15 is 0 Å². The van der Waals surface area contributed by atoms with Gasteiger partial charge < -0.3 is 5.32 Å². The second kappa shape index (κ2) is 4.47. The fourth-order valence-corrected chi connectivity index (χ4v) is 1.03. The van der Waals surface area contributed by atoms with E-state index in [4.69, 9.17) is 5.84 Å². The lowest BCUT2D eigenvalue weighted by Crippen LogP contribution is -2.29. The Bertz CT molecular complexity index is 281. The van der Waals surface area contributed by atoms with E-state index < -0.39 is 0 Å². The maximum Gasteiger partial charge on any atom is 0.265 e. The second-order valence-electron chi connectivity index (χ2n) is 2.58. The lowest BCUT2D eigenvalue weighted by Gasteiger charge is -2.03. The van der Waals surface area contributed by atoms with Crippen molar-refractivity contribution < 1.29 is 4.79 Å². The van der Waals surface area contributed by atoms with Gasteiger partial charge in [-0.25, -0.2) is 5.84 Å². The SMILES string of the molecule is CCNc1ccc(C(=O)NN)cc1. The van der Waals surface area contributed by atoms with Crippen LogP contribution in [0.3, 0.4) is 0 Å². The van der Waals surface area contributed by atoms with Gasteiger partial charge in [0.1, 0.15) is 0 Å². The molecule has 1 aromatic carbocycles. The molecule has 4 N–H and O–H groups in total. The van der Waals surface area contributed by atoms with Crippen LogP contribution in [-0.2, 0) is 0 Å². The van der Waals surface area contributed by atoms with E-state index in [9.17, 15) is 4.79 Å². The lowest BCUT2D eigenvalue weighted by atomic mass is 10.2. The topological polar surface area (TPSA) is 67.2 Å². The van der Waals surface area contributed by atoms with Gasteiger partial charge in [0.2, 0.25) is 0 Å². The molecular formula is C9H13N3O. The van der Waals surface area contributed by atoms with Crippen LogP contribution in [0.2, 0.25) is 0 Å². The molecule has 0 bridgehead atoms. The second-order valence-corrected chi connectivity index (χ2v) is 2.58. The highest BCUT2D eigenvalue weighted by molar-refractivity contribution is 5.94. The first-order chi connectivity index (χ1) is 6.27. The molecule has 0 saturated carbocycles. The standard InChI is InChI=1S/C9H13N3O/c1-2-11-8-5-3-7(4-6-8)9(13)12-10/h3-6,11H,2,10H2,1H3,(H,12,13). The normalized spacial score (nSPS) is 9.38. The van der Waals surface area contributed by atoms with Gasteiger partial charge in [0.15, 0.2) is 0 Å². The third-order valence-electron chi connectivity index (χ3n) is 1.66. The Morgan fingerprint density at radius 3 is 2.46 bits per heavy atom. The van der Waals surface area contributed by atoms with E-state index in [0.717, 1.165) is 12.2 Å². The van der Waals surface area contributed by atoms with Gasteiger partial charge in [-0.3, -0.25) is 10.2 Å². The van der Waals surface area contributed by atoms with Crippen molar-refractivity contribution in [2.24, 2.45) is 5.84 Å². The summed E-state index contributed by atoms with van der Waals surface area (Å²) in [5.74, 6) is 4.71. The zero-order valence-corrected chi connectivity index (χ0v) is 7.50. The van der Waals surface area contributed by atoms with Crippen LogP contribution >= 0.6 is 0 Å². The van der Waals surface area contributed by atoms with Crippen molar-refractivity contribution in [1.82, 2.24) is 5.43 Å². The summed E-state index contributed by atoms with van der Waals surface area (Å²) in [6.45, 7) is 2.88. The summed E-state index contributed by atoms with van der Waals surface area (Å²) in [5.41, 5.74) is 3.63. The van der Waals surface area contributed by atoms with Gasteiger partial charge >= 0.3 is 0 Å². The van der Waals surface area contributed by atoms with E-state index in [0.29, 0.717) is 5.56 Å². The van der Waals surface area contributed by atoms with Crippen molar-refractivity contribution in [3.05, 3.63) is 29.8 Å². The number of nitrogens with one attached hydrogen (secondary N) is 2. The number of carbonyl (C=O) groups is 1. The first kappa shape index (κ1) is 9.54. The largest absolute Gasteiger partial charge is 0.385 e. The maximum absolute atomic E-state index is 11.0. The van der Waals surface area contributed by atoms with Crippen LogP contribution in [0.15, 0.2) is 24.3 Å². The minimum Gasteiger partial charge on any atom is -0.385 e. The number of benzene rings is 1. The van der Waals surface area contributed by atoms with E-state index in [1.807, 2.05) is 19.1 Å². The number of amides is 1. The van der Waals surface area contributed by atoms with E-state index in [1.165, 1.54) is 0 Å². The van der Waals surface area contributed by atoms with Crippen molar-refractivity contribution in [1.29, 1.82) is 0 Å². The fraction of sp³-hybridized carbons (Fsp3) is 0.222. The average molecular weight is 179 g/mol. The number of hydrogen-bond acceptors (Lipinski definition) is 3. The first-order valence-electron chi connectivity index (χ1n) is 4.12. The number of anilines is 1. The van der Waals surface area contributed by atoms with Crippen LogP contribution in [0.1, 0.15) is 17.3 Å². The van der Waals surface area contributed by atoms with Crippen LogP contribution in [0.4, 0.5) is 5.69 Å². The molecule has 1 amide bonds. The molecule has 0 aliphatic heterocycles. The number of hydrogen-bond donors (Lipinski definition) is 3. The molecule has 0 radical (unpaired) electrons. The number of nitrogen functional groups attached to an aromatic ring is 1. The van der Waals surface area contributed by atoms with Crippen LogP contribution in [0, 0.1) is 0 Å². The van der Waals surface area contributed by atoms with Crippen molar-refractivity contribution in [3.63, 3.8) is 0 Å². The van der Waals surface area contributed by atoms with Gasteiger partial charge in [0.25, 0.3) is 5.91 Å². The molecular weight excluding hydrogens is 166 g/mol. The van der Waals surface area contributed by atoms with Crippen LogP contribution in [0.5, 0.6) is 0 Å². The van der Waals surface area contributed by atoms with E-state index in [1.54, 1.807) is 12.1 Å². The summed E-state index contributed by atoms with van der Waals surface area (Å²) in [6.07, 6.45) is 0. The predicted octanol–water partition coefficient (Wildman–Crippen LogP) is 0.722. The van der Waals surface area contributed by atoms with Crippen molar-refractivity contribution >= 4 is 11.6 Å². The van der Waals surface area contributed by atoms with E-state index in [2.05, 4.69) is 10.7 Å². The van der Waals surface area contributed by atoms with Crippen LogP contribution in [-0.4, -0.2) is 12.5 Å². The molecule has 4 heteroatoms. The number of rotatable bonds is 3. The summed E-state index contributed by atoms with van der Waals surface area (Å²) >= 11 is 0.